The molecule has 1 atom stereocenters. The maximum Gasteiger partial charge on any atom is 0.238 e. The Morgan fingerprint density at radius 2 is 1.68 bits per heavy atom. The number of nitrogens with one attached hydrogen (secondary N) is 1. The number of ether oxygens (including phenoxy) is 1. The molecule has 0 aromatic heterocycles. The SMILES string of the molecule is COc1ccccc1NC(=O)C1(c2ccccc2)CC1(Cl)Cl. The van der Waals surface area contributed by atoms with Crippen LogP contribution < -0.4 is 10.1 Å². The number of benzene rings is 2. The lowest BCUT2D eigenvalue weighted by atomic mass is 9.94. The van der Waals surface area contributed by atoms with Crippen molar-refractivity contribution >= 4 is 34.8 Å². The zero-order valence-corrected chi connectivity index (χ0v) is 13.5. The van der Waals surface area contributed by atoms with Crippen molar-refractivity contribution in [3.63, 3.8) is 0 Å². The van der Waals surface area contributed by atoms with Gasteiger partial charge in [-0.1, -0.05) is 42.5 Å². The first-order valence-corrected chi connectivity index (χ1v) is 7.65. The number of hydrogen-bond donors (Lipinski definition) is 1. The van der Waals surface area contributed by atoms with Gasteiger partial charge in [0.05, 0.1) is 12.8 Å². The second-order valence-corrected chi connectivity index (χ2v) is 6.79. The molecule has 1 unspecified atom stereocenters. The van der Waals surface area contributed by atoms with Crippen LogP contribution in [0.1, 0.15) is 12.0 Å². The molecule has 0 bridgehead atoms. The summed E-state index contributed by atoms with van der Waals surface area (Å²) in [4.78, 5) is 12.8. The molecule has 0 radical (unpaired) electrons. The minimum atomic E-state index is -1.10. The summed E-state index contributed by atoms with van der Waals surface area (Å²) in [6, 6.07) is 16.6. The Labute approximate surface area is 139 Å². The van der Waals surface area contributed by atoms with Gasteiger partial charge in [0.2, 0.25) is 5.91 Å². The number of para-hydroxylation sites is 2. The van der Waals surface area contributed by atoms with Crippen LogP contribution in [0.5, 0.6) is 5.75 Å². The molecule has 1 aliphatic rings. The first kappa shape index (κ1) is 15.2. The van der Waals surface area contributed by atoms with Crippen LogP contribution in [-0.4, -0.2) is 17.4 Å². The molecule has 3 nitrogen and oxygen atoms in total. The van der Waals surface area contributed by atoms with Gasteiger partial charge in [-0.25, -0.2) is 0 Å². The van der Waals surface area contributed by atoms with Crippen LogP contribution in [0, 0.1) is 0 Å². The van der Waals surface area contributed by atoms with Gasteiger partial charge in [0.25, 0.3) is 0 Å². The van der Waals surface area contributed by atoms with E-state index in [9.17, 15) is 4.79 Å². The fourth-order valence-electron chi connectivity index (χ4n) is 2.68. The van der Waals surface area contributed by atoms with Crippen LogP contribution in [0.25, 0.3) is 0 Å². The Balaban J connectivity index is 1.93. The molecular weight excluding hydrogens is 321 g/mol. The Kier molecular flexibility index (Phi) is 3.79. The van der Waals surface area contributed by atoms with E-state index in [1.165, 1.54) is 0 Å². The molecule has 0 spiro atoms. The van der Waals surface area contributed by atoms with E-state index in [0.29, 0.717) is 17.9 Å². The predicted octanol–water partition coefficient (Wildman–Crippen LogP) is 4.15. The zero-order valence-electron chi connectivity index (χ0n) is 12.0. The van der Waals surface area contributed by atoms with E-state index in [0.717, 1.165) is 5.56 Å². The van der Waals surface area contributed by atoms with Crippen molar-refractivity contribution in [2.75, 3.05) is 12.4 Å². The van der Waals surface area contributed by atoms with Gasteiger partial charge in [0, 0.05) is 6.42 Å². The van der Waals surface area contributed by atoms with Crippen LogP contribution in [0.3, 0.4) is 0 Å². The largest absolute Gasteiger partial charge is 0.495 e. The molecule has 114 valence electrons. The lowest BCUT2D eigenvalue weighted by Gasteiger charge is -2.19. The number of amides is 1. The molecule has 1 saturated carbocycles. The minimum absolute atomic E-state index is 0.229. The van der Waals surface area contributed by atoms with Gasteiger partial charge < -0.3 is 10.1 Å². The van der Waals surface area contributed by atoms with Crippen LogP contribution >= 0.6 is 23.2 Å². The molecule has 1 fully saturated rings. The highest BCUT2D eigenvalue weighted by Gasteiger charge is 2.72. The maximum atomic E-state index is 12.8. The highest BCUT2D eigenvalue weighted by molar-refractivity contribution is 6.54. The van der Waals surface area contributed by atoms with Crippen LogP contribution in [0.2, 0.25) is 0 Å². The average Bonchev–Trinajstić information content (AvgIpc) is 3.13. The summed E-state index contributed by atoms with van der Waals surface area (Å²) in [5.41, 5.74) is 0.479. The molecule has 1 amide bonds. The molecule has 5 heteroatoms. The second kappa shape index (κ2) is 5.49. The van der Waals surface area contributed by atoms with Crippen molar-refractivity contribution in [2.24, 2.45) is 0 Å². The van der Waals surface area contributed by atoms with Crippen molar-refractivity contribution in [3.05, 3.63) is 60.2 Å². The summed E-state index contributed by atoms with van der Waals surface area (Å²) in [6.07, 6.45) is 0.383. The van der Waals surface area contributed by atoms with Gasteiger partial charge in [-0.3, -0.25) is 4.79 Å². The summed E-state index contributed by atoms with van der Waals surface area (Å²) in [7, 11) is 1.56. The second-order valence-electron chi connectivity index (χ2n) is 5.31. The van der Waals surface area contributed by atoms with E-state index in [1.54, 1.807) is 19.2 Å². The molecule has 2 aromatic rings. The minimum Gasteiger partial charge on any atom is -0.495 e. The topological polar surface area (TPSA) is 38.3 Å². The fraction of sp³-hybridized carbons (Fsp3) is 0.235. The molecule has 1 N–H and O–H groups in total. The van der Waals surface area contributed by atoms with E-state index in [2.05, 4.69) is 5.32 Å². The normalized spacial score (nSPS) is 22.0. The summed E-state index contributed by atoms with van der Waals surface area (Å²) < 4.78 is 4.16. The lowest BCUT2D eigenvalue weighted by Crippen LogP contribution is -2.32. The number of halogens is 2. The molecular formula is C17H15Cl2NO2. The summed E-state index contributed by atoms with van der Waals surface area (Å²) in [5, 5.41) is 2.89. The van der Waals surface area contributed by atoms with E-state index < -0.39 is 9.75 Å². The Bertz CT molecular complexity index is 703. The predicted molar refractivity (Wildman–Crippen MR) is 88.8 cm³/mol. The number of rotatable bonds is 4. The molecule has 0 aliphatic heterocycles. The maximum absolute atomic E-state index is 12.8. The first-order valence-electron chi connectivity index (χ1n) is 6.89. The number of hydrogen-bond acceptors (Lipinski definition) is 2. The van der Waals surface area contributed by atoms with Crippen molar-refractivity contribution in [1.29, 1.82) is 0 Å². The monoisotopic (exact) mass is 335 g/mol. The average molecular weight is 336 g/mol. The molecule has 0 heterocycles. The number of carbonyl (C=O) groups is 1. The van der Waals surface area contributed by atoms with Crippen molar-refractivity contribution in [1.82, 2.24) is 0 Å². The third-order valence-corrected chi connectivity index (χ3v) is 4.91. The van der Waals surface area contributed by atoms with Crippen molar-refractivity contribution in [2.45, 2.75) is 16.2 Å². The fourth-order valence-corrected chi connectivity index (χ4v) is 3.47. The van der Waals surface area contributed by atoms with Crippen LogP contribution in [0.15, 0.2) is 54.6 Å². The van der Waals surface area contributed by atoms with Crippen LogP contribution in [-0.2, 0) is 10.2 Å². The molecule has 3 rings (SSSR count). The van der Waals surface area contributed by atoms with Gasteiger partial charge in [-0.2, -0.15) is 0 Å². The quantitative estimate of drug-likeness (QED) is 0.852. The van der Waals surface area contributed by atoms with Crippen molar-refractivity contribution < 1.29 is 9.53 Å². The first-order chi connectivity index (χ1) is 10.5. The Morgan fingerprint density at radius 3 is 2.27 bits per heavy atom. The van der Waals surface area contributed by atoms with Crippen LogP contribution in [0.4, 0.5) is 5.69 Å². The van der Waals surface area contributed by atoms with E-state index in [-0.39, 0.29) is 5.91 Å². The highest BCUT2D eigenvalue weighted by Crippen LogP contribution is 2.65. The molecule has 1 aliphatic carbocycles. The van der Waals surface area contributed by atoms with Gasteiger partial charge in [-0.05, 0) is 17.7 Å². The standard InChI is InChI=1S/C17H15Cl2NO2/c1-22-14-10-6-5-9-13(14)20-15(21)16(11-17(16,18)19)12-7-3-2-4-8-12/h2-10H,11H2,1H3,(H,20,21). The third-order valence-electron chi connectivity index (χ3n) is 4.00. The Morgan fingerprint density at radius 1 is 1.09 bits per heavy atom. The summed E-state index contributed by atoms with van der Waals surface area (Å²) in [6.45, 7) is 0. The van der Waals surface area contributed by atoms with Gasteiger partial charge in [0.1, 0.15) is 15.5 Å². The number of anilines is 1. The molecule has 22 heavy (non-hydrogen) atoms. The highest BCUT2D eigenvalue weighted by atomic mass is 35.5. The van der Waals surface area contributed by atoms with Gasteiger partial charge in [0.15, 0.2) is 0 Å². The number of carbonyl (C=O) groups excluding carboxylic acids is 1. The Hall–Kier alpha value is -1.71. The van der Waals surface area contributed by atoms with Crippen molar-refractivity contribution in [3.8, 4) is 5.75 Å². The number of methoxy groups -OCH3 is 1. The van der Waals surface area contributed by atoms with E-state index in [4.69, 9.17) is 27.9 Å². The summed E-state index contributed by atoms with van der Waals surface area (Å²) >= 11 is 12.6. The van der Waals surface area contributed by atoms with E-state index >= 15 is 0 Å². The summed E-state index contributed by atoms with van der Waals surface area (Å²) in [5.74, 6) is 0.364. The van der Waals surface area contributed by atoms with Gasteiger partial charge >= 0.3 is 0 Å². The molecule has 0 saturated heterocycles. The lowest BCUT2D eigenvalue weighted by molar-refractivity contribution is -0.118. The van der Waals surface area contributed by atoms with E-state index in [1.807, 2.05) is 42.5 Å². The van der Waals surface area contributed by atoms with Gasteiger partial charge in [-0.15, -0.1) is 23.2 Å². The smallest absolute Gasteiger partial charge is 0.238 e. The third kappa shape index (κ3) is 2.34. The number of alkyl halides is 2. The molecule has 2 aromatic carbocycles. The zero-order chi connectivity index (χ0) is 15.8.